The third-order valence-electron chi connectivity index (χ3n) is 3.09. The second kappa shape index (κ2) is 3.92. The number of hydrogen-bond acceptors (Lipinski definition) is 5. The van der Waals surface area contributed by atoms with Crippen LogP contribution in [0.3, 0.4) is 0 Å². The Bertz CT molecular complexity index is 884. The van der Waals surface area contributed by atoms with Crippen molar-refractivity contribution in [1.29, 1.82) is 0 Å². The third-order valence-corrected chi connectivity index (χ3v) is 3.09. The maximum Gasteiger partial charge on any atom is 0.311 e. The number of hydrogen-bond donors (Lipinski definition) is 2. The molecule has 0 aliphatic heterocycles. The lowest BCUT2D eigenvalue weighted by Gasteiger charge is -1.97. The van der Waals surface area contributed by atoms with Crippen LogP contribution < -0.4 is 0 Å². The Kier molecular flexibility index (Phi) is 2.33. The third kappa shape index (κ3) is 1.55. The number of phenolic OH excluding ortho intramolecular Hbond substituents is 1. The highest BCUT2D eigenvalue weighted by molar-refractivity contribution is 6.12. The van der Waals surface area contributed by atoms with E-state index in [0.29, 0.717) is 16.4 Å². The van der Waals surface area contributed by atoms with Crippen molar-refractivity contribution in [2.45, 2.75) is 0 Å². The standard InChI is InChI=1S/C12H7N3O5/c16-11-5-8-6(4-10(11)15(19)20)12-7(13-8)2-1-3-9(12)14(17)18/h1-5,13,16H. The van der Waals surface area contributed by atoms with E-state index in [4.69, 9.17) is 0 Å². The van der Waals surface area contributed by atoms with Gasteiger partial charge in [0.15, 0.2) is 5.75 Å². The topological polar surface area (TPSA) is 122 Å². The smallest absolute Gasteiger partial charge is 0.311 e. The Balaban J connectivity index is 2.51. The Morgan fingerprint density at radius 1 is 1.00 bits per heavy atom. The molecule has 1 heterocycles. The molecule has 0 unspecified atom stereocenters. The maximum absolute atomic E-state index is 11.1. The zero-order chi connectivity index (χ0) is 14.4. The first-order valence-electron chi connectivity index (χ1n) is 5.55. The predicted molar refractivity (Wildman–Crippen MR) is 70.8 cm³/mol. The monoisotopic (exact) mass is 273 g/mol. The van der Waals surface area contributed by atoms with Crippen LogP contribution in [-0.2, 0) is 0 Å². The van der Waals surface area contributed by atoms with Gasteiger partial charge in [-0.15, -0.1) is 0 Å². The zero-order valence-electron chi connectivity index (χ0n) is 9.86. The van der Waals surface area contributed by atoms with E-state index in [9.17, 15) is 25.3 Å². The summed E-state index contributed by atoms with van der Waals surface area (Å²) in [6.07, 6.45) is 0. The molecular weight excluding hydrogens is 266 g/mol. The summed E-state index contributed by atoms with van der Waals surface area (Å²) in [6.45, 7) is 0. The Hall–Kier alpha value is -3.16. The van der Waals surface area contributed by atoms with Crippen molar-refractivity contribution in [2.24, 2.45) is 0 Å². The number of aromatic nitrogens is 1. The van der Waals surface area contributed by atoms with Gasteiger partial charge in [-0.3, -0.25) is 20.2 Å². The van der Waals surface area contributed by atoms with Gasteiger partial charge in [-0.2, -0.15) is 0 Å². The van der Waals surface area contributed by atoms with Gasteiger partial charge in [0.05, 0.1) is 26.3 Å². The first-order valence-corrected chi connectivity index (χ1v) is 5.55. The number of H-pyrrole nitrogens is 1. The SMILES string of the molecule is O=[N+]([O-])c1cc2c(cc1O)[nH]c1cccc([N+](=O)[O-])c12. The van der Waals surface area contributed by atoms with Crippen LogP contribution in [0.5, 0.6) is 5.75 Å². The van der Waals surface area contributed by atoms with Gasteiger partial charge in [-0.05, 0) is 6.07 Å². The molecule has 0 atom stereocenters. The highest BCUT2D eigenvalue weighted by atomic mass is 16.6. The molecule has 0 radical (unpaired) electrons. The summed E-state index contributed by atoms with van der Waals surface area (Å²) in [7, 11) is 0. The number of aromatic amines is 1. The average Bonchev–Trinajstić information content (AvgIpc) is 2.74. The molecule has 0 saturated carbocycles. The second-order valence-electron chi connectivity index (χ2n) is 4.23. The van der Waals surface area contributed by atoms with Gasteiger partial charge in [-0.25, -0.2) is 0 Å². The number of nitro benzene ring substituents is 2. The molecule has 1 aromatic heterocycles. The molecule has 2 N–H and O–H groups in total. The average molecular weight is 273 g/mol. The number of fused-ring (bicyclic) bond motifs is 3. The van der Waals surface area contributed by atoms with Crippen LogP contribution >= 0.6 is 0 Å². The number of benzene rings is 2. The summed E-state index contributed by atoms with van der Waals surface area (Å²) in [5.41, 5.74) is 0.247. The summed E-state index contributed by atoms with van der Waals surface area (Å²) in [6, 6.07) is 6.80. The lowest BCUT2D eigenvalue weighted by molar-refractivity contribution is -0.385. The van der Waals surface area contributed by atoms with Crippen molar-refractivity contribution in [3.63, 3.8) is 0 Å². The number of non-ortho nitro benzene ring substituents is 1. The largest absolute Gasteiger partial charge is 0.502 e. The van der Waals surface area contributed by atoms with Crippen LogP contribution in [0.2, 0.25) is 0 Å². The Morgan fingerprint density at radius 3 is 2.35 bits per heavy atom. The molecule has 0 amide bonds. The number of nitro groups is 2. The summed E-state index contributed by atoms with van der Waals surface area (Å²) >= 11 is 0. The van der Waals surface area contributed by atoms with Crippen molar-refractivity contribution >= 4 is 33.2 Å². The molecule has 8 heteroatoms. The van der Waals surface area contributed by atoms with Crippen molar-refractivity contribution in [3.05, 3.63) is 50.6 Å². The number of nitrogens with zero attached hydrogens (tertiary/aromatic N) is 2. The normalized spacial score (nSPS) is 11.0. The molecule has 0 saturated heterocycles. The van der Waals surface area contributed by atoms with Gasteiger partial charge < -0.3 is 10.1 Å². The van der Waals surface area contributed by atoms with Crippen LogP contribution in [0.15, 0.2) is 30.3 Å². The van der Waals surface area contributed by atoms with E-state index >= 15 is 0 Å². The first-order chi connectivity index (χ1) is 9.49. The van der Waals surface area contributed by atoms with Crippen LogP contribution in [0.25, 0.3) is 21.8 Å². The van der Waals surface area contributed by atoms with E-state index in [-0.39, 0.29) is 11.1 Å². The Labute approximate surface area is 110 Å². The van der Waals surface area contributed by atoms with Gasteiger partial charge in [0.2, 0.25) is 0 Å². The minimum atomic E-state index is -0.734. The number of nitrogens with one attached hydrogen (secondary N) is 1. The minimum absolute atomic E-state index is 0.145. The van der Waals surface area contributed by atoms with Gasteiger partial charge in [0.1, 0.15) is 0 Å². The molecule has 0 aliphatic rings. The van der Waals surface area contributed by atoms with Gasteiger partial charge in [0, 0.05) is 23.6 Å². The lowest BCUT2D eigenvalue weighted by atomic mass is 10.1. The van der Waals surface area contributed by atoms with Crippen LogP contribution in [-0.4, -0.2) is 19.9 Å². The van der Waals surface area contributed by atoms with Crippen molar-refractivity contribution < 1.29 is 15.0 Å². The zero-order valence-corrected chi connectivity index (χ0v) is 9.86. The highest BCUT2D eigenvalue weighted by Crippen LogP contribution is 2.38. The van der Waals surface area contributed by atoms with Gasteiger partial charge in [-0.1, -0.05) is 6.07 Å². The molecule has 0 fully saturated rings. The molecule has 0 aliphatic carbocycles. The predicted octanol–water partition coefficient (Wildman–Crippen LogP) is 2.84. The fourth-order valence-electron chi connectivity index (χ4n) is 2.26. The molecule has 0 spiro atoms. The molecule has 2 aromatic carbocycles. The fourth-order valence-corrected chi connectivity index (χ4v) is 2.26. The molecule has 3 rings (SSSR count). The fraction of sp³-hybridized carbons (Fsp3) is 0. The van der Waals surface area contributed by atoms with Crippen molar-refractivity contribution in [3.8, 4) is 5.75 Å². The molecular formula is C12H7N3O5. The summed E-state index contributed by atoms with van der Waals surface area (Å²) in [5.74, 6) is -0.489. The van der Waals surface area contributed by atoms with E-state index in [1.54, 1.807) is 6.07 Å². The molecule has 8 nitrogen and oxygen atoms in total. The Morgan fingerprint density at radius 2 is 1.70 bits per heavy atom. The molecule has 20 heavy (non-hydrogen) atoms. The van der Waals surface area contributed by atoms with Crippen LogP contribution in [0.1, 0.15) is 0 Å². The number of phenols is 1. The van der Waals surface area contributed by atoms with Gasteiger partial charge >= 0.3 is 5.69 Å². The molecule has 100 valence electrons. The first kappa shape index (κ1) is 11.9. The summed E-state index contributed by atoms with van der Waals surface area (Å²) < 4.78 is 0. The van der Waals surface area contributed by atoms with Gasteiger partial charge in [0.25, 0.3) is 5.69 Å². The van der Waals surface area contributed by atoms with E-state index < -0.39 is 21.3 Å². The maximum atomic E-state index is 11.1. The quantitative estimate of drug-likeness (QED) is 0.549. The van der Waals surface area contributed by atoms with Crippen molar-refractivity contribution in [2.75, 3.05) is 0 Å². The van der Waals surface area contributed by atoms with E-state index in [0.717, 1.165) is 6.07 Å². The molecule has 0 bridgehead atoms. The van der Waals surface area contributed by atoms with Crippen molar-refractivity contribution in [1.82, 2.24) is 4.98 Å². The number of rotatable bonds is 2. The minimum Gasteiger partial charge on any atom is -0.502 e. The van der Waals surface area contributed by atoms with E-state index in [1.165, 1.54) is 18.2 Å². The van der Waals surface area contributed by atoms with Crippen LogP contribution in [0.4, 0.5) is 11.4 Å². The summed E-state index contributed by atoms with van der Waals surface area (Å²) in [5, 5.41) is 32.1. The van der Waals surface area contributed by atoms with E-state index in [1.807, 2.05) is 0 Å². The lowest BCUT2D eigenvalue weighted by Crippen LogP contribution is -1.89. The summed E-state index contributed by atoms with van der Waals surface area (Å²) in [4.78, 5) is 23.5. The number of aromatic hydroxyl groups is 1. The highest BCUT2D eigenvalue weighted by Gasteiger charge is 2.21. The molecule has 3 aromatic rings. The van der Waals surface area contributed by atoms with Crippen LogP contribution in [0, 0.1) is 20.2 Å². The van der Waals surface area contributed by atoms with E-state index in [2.05, 4.69) is 4.98 Å². The second-order valence-corrected chi connectivity index (χ2v) is 4.23.